The summed E-state index contributed by atoms with van der Waals surface area (Å²) in [6.45, 7) is 7.33. The molecule has 1 heterocycles. The summed E-state index contributed by atoms with van der Waals surface area (Å²) in [4.78, 5) is 24.9. The number of likely N-dealkylation sites (tertiary alicyclic amines) is 1. The second-order valence-corrected chi connectivity index (χ2v) is 5.34. The molecule has 0 aromatic rings. The Morgan fingerprint density at radius 3 is 2.67 bits per heavy atom. The molecular weight excluding hydrogens is 232 g/mol. The van der Waals surface area contributed by atoms with Crippen molar-refractivity contribution in [3.63, 3.8) is 0 Å². The number of nitrogens with one attached hydrogen (secondary N) is 1. The molecule has 5 nitrogen and oxygen atoms in total. The summed E-state index contributed by atoms with van der Waals surface area (Å²) >= 11 is 0. The summed E-state index contributed by atoms with van der Waals surface area (Å²) in [7, 11) is 0. The van der Waals surface area contributed by atoms with Gasteiger partial charge < -0.3 is 15.3 Å². The third-order valence-corrected chi connectivity index (χ3v) is 3.70. The molecular formula is C13H24N2O3. The molecule has 1 saturated heterocycles. The van der Waals surface area contributed by atoms with Crippen LogP contribution in [0.3, 0.4) is 0 Å². The summed E-state index contributed by atoms with van der Waals surface area (Å²) in [5, 5.41) is 11.8. The number of amides is 2. The Bertz CT molecular complexity index is 307. The van der Waals surface area contributed by atoms with Gasteiger partial charge in [-0.05, 0) is 24.7 Å². The fourth-order valence-corrected chi connectivity index (χ4v) is 2.28. The third kappa shape index (κ3) is 3.89. The highest BCUT2D eigenvalue weighted by Gasteiger charge is 2.28. The van der Waals surface area contributed by atoms with E-state index in [1.807, 2.05) is 13.8 Å². The van der Waals surface area contributed by atoms with Crippen molar-refractivity contribution in [1.29, 1.82) is 0 Å². The van der Waals surface area contributed by atoms with E-state index in [4.69, 9.17) is 5.11 Å². The Balaban J connectivity index is 2.58. The van der Waals surface area contributed by atoms with Crippen molar-refractivity contribution in [2.24, 2.45) is 11.8 Å². The number of piperidine rings is 1. The standard InChI is InChI=1S/C13H24N2O3/c1-4-10(3)11(12(16)17)14-13(18)15-7-5-6-9(2)8-15/h9-11H,4-8H2,1-3H3,(H,14,18)(H,16,17). The average molecular weight is 256 g/mol. The number of carboxylic acid groups (broad SMARTS) is 1. The number of rotatable bonds is 4. The van der Waals surface area contributed by atoms with Crippen LogP contribution in [0.4, 0.5) is 4.79 Å². The summed E-state index contributed by atoms with van der Waals surface area (Å²) in [5.41, 5.74) is 0. The maximum Gasteiger partial charge on any atom is 0.326 e. The number of carboxylic acids is 1. The van der Waals surface area contributed by atoms with Crippen molar-refractivity contribution in [1.82, 2.24) is 10.2 Å². The molecule has 2 N–H and O–H groups in total. The lowest BCUT2D eigenvalue weighted by Gasteiger charge is -2.32. The summed E-state index contributed by atoms with van der Waals surface area (Å²) in [6.07, 6.45) is 2.86. The minimum atomic E-state index is -0.956. The number of urea groups is 1. The maximum absolute atomic E-state index is 12.0. The first-order chi connectivity index (χ1) is 8.45. The lowest BCUT2D eigenvalue weighted by Crippen LogP contribution is -2.52. The van der Waals surface area contributed by atoms with E-state index in [0.29, 0.717) is 5.92 Å². The number of aliphatic carboxylic acids is 1. The van der Waals surface area contributed by atoms with Crippen molar-refractivity contribution in [2.75, 3.05) is 13.1 Å². The zero-order valence-electron chi connectivity index (χ0n) is 11.5. The number of hydrogen-bond acceptors (Lipinski definition) is 2. The highest BCUT2D eigenvalue weighted by atomic mass is 16.4. The monoisotopic (exact) mass is 256 g/mol. The Kier molecular flexibility index (Phi) is 5.44. The fourth-order valence-electron chi connectivity index (χ4n) is 2.28. The zero-order valence-corrected chi connectivity index (χ0v) is 11.5. The van der Waals surface area contributed by atoms with Gasteiger partial charge in [-0.25, -0.2) is 9.59 Å². The Morgan fingerprint density at radius 1 is 1.50 bits per heavy atom. The van der Waals surface area contributed by atoms with Crippen LogP contribution in [0.1, 0.15) is 40.0 Å². The van der Waals surface area contributed by atoms with Gasteiger partial charge in [-0.1, -0.05) is 27.2 Å². The molecule has 1 aliphatic heterocycles. The molecule has 104 valence electrons. The van der Waals surface area contributed by atoms with Crippen molar-refractivity contribution in [3.05, 3.63) is 0 Å². The van der Waals surface area contributed by atoms with Gasteiger partial charge in [0.2, 0.25) is 0 Å². The van der Waals surface area contributed by atoms with Gasteiger partial charge in [0.1, 0.15) is 6.04 Å². The number of carbonyl (C=O) groups excluding carboxylic acids is 1. The maximum atomic E-state index is 12.0. The first kappa shape index (κ1) is 14.8. The molecule has 1 rings (SSSR count). The average Bonchev–Trinajstić information content (AvgIpc) is 2.34. The van der Waals surface area contributed by atoms with Crippen LogP contribution in [0.25, 0.3) is 0 Å². The lowest BCUT2D eigenvalue weighted by atomic mass is 9.99. The highest BCUT2D eigenvalue weighted by Crippen LogP contribution is 2.16. The highest BCUT2D eigenvalue weighted by molar-refractivity contribution is 5.82. The molecule has 2 amide bonds. The molecule has 0 aromatic heterocycles. The van der Waals surface area contributed by atoms with E-state index in [0.717, 1.165) is 32.4 Å². The SMILES string of the molecule is CCC(C)C(NC(=O)N1CCCC(C)C1)C(=O)O. The Labute approximate surface area is 109 Å². The topological polar surface area (TPSA) is 69.6 Å². The molecule has 18 heavy (non-hydrogen) atoms. The van der Waals surface area contributed by atoms with Crippen LogP contribution in [0, 0.1) is 11.8 Å². The number of carbonyl (C=O) groups is 2. The summed E-state index contributed by atoms with van der Waals surface area (Å²) in [6, 6.07) is -1.03. The molecule has 1 aliphatic rings. The predicted octanol–water partition coefficient (Wildman–Crippen LogP) is 1.93. The van der Waals surface area contributed by atoms with E-state index in [2.05, 4.69) is 12.2 Å². The van der Waals surface area contributed by atoms with E-state index in [-0.39, 0.29) is 11.9 Å². The van der Waals surface area contributed by atoms with Crippen LogP contribution in [-0.2, 0) is 4.79 Å². The van der Waals surface area contributed by atoms with E-state index >= 15 is 0 Å². The van der Waals surface area contributed by atoms with Gasteiger partial charge in [-0.3, -0.25) is 0 Å². The number of nitrogens with zero attached hydrogens (tertiary/aromatic N) is 1. The normalized spacial score (nSPS) is 23.3. The third-order valence-electron chi connectivity index (χ3n) is 3.70. The molecule has 0 saturated carbocycles. The molecule has 5 heteroatoms. The Morgan fingerprint density at radius 2 is 2.17 bits per heavy atom. The van der Waals surface area contributed by atoms with Gasteiger partial charge >= 0.3 is 12.0 Å². The molecule has 0 aromatic carbocycles. The van der Waals surface area contributed by atoms with Gasteiger partial charge in [-0.2, -0.15) is 0 Å². The first-order valence-electron chi connectivity index (χ1n) is 6.74. The predicted molar refractivity (Wildman–Crippen MR) is 69.4 cm³/mol. The molecule has 3 unspecified atom stereocenters. The van der Waals surface area contributed by atoms with Gasteiger partial charge in [0.15, 0.2) is 0 Å². The van der Waals surface area contributed by atoms with Crippen molar-refractivity contribution < 1.29 is 14.7 Å². The van der Waals surface area contributed by atoms with Crippen LogP contribution in [0.5, 0.6) is 0 Å². The largest absolute Gasteiger partial charge is 0.480 e. The second kappa shape index (κ2) is 6.61. The second-order valence-electron chi connectivity index (χ2n) is 5.34. The van der Waals surface area contributed by atoms with Crippen LogP contribution in [0.2, 0.25) is 0 Å². The molecule has 0 bridgehead atoms. The minimum Gasteiger partial charge on any atom is -0.480 e. The molecule has 0 aliphatic carbocycles. The van der Waals surface area contributed by atoms with E-state index in [9.17, 15) is 9.59 Å². The zero-order chi connectivity index (χ0) is 13.7. The first-order valence-corrected chi connectivity index (χ1v) is 6.74. The molecule has 0 spiro atoms. The molecule has 0 radical (unpaired) electrons. The number of hydrogen-bond donors (Lipinski definition) is 2. The van der Waals surface area contributed by atoms with Gasteiger partial charge in [0.05, 0.1) is 0 Å². The minimum absolute atomic E-state index is 0.0614. The summed E-state index contributed by atoms with van der Waals surface area (Å²) < 4.78 is 0. The Hall–Kier alpha value is -1.26. The van der Waals surface area contributed by atoms with Crippen LogP contribution < -0.4 is 5.32 Å². The van der Waals surface area contributed by atoms with E-state index in [1.165, 1.54) is 0 Å². The lowest BCUT2D eigenvalue weighted by molar-refractivity contribution is -0.140. The quantitative estimate of drug-likeness (QED) is 0.807. The van der Waals surface area contributed by atoms with Gasteiger partial charge in [0.25, 0.3) is 0 Å². The van der Waals surface area contributed by atoms with Crippen molar-refractivity contribution in [2.45, 2.75) is 46.1 Å². The summed E-state index contributed by atoms with van der Waals surface area (Å²) in [5.74, 6) is -0.521. The van der Waals surface area contributed by atoms with Crippen LogP contribution in [0.15, 0.2) is 0 Å². The van der Waals surface area contributed by atoms with Crippen LogP contribution in [-0.4, -0.2) is 41.1 Å². The van der Waals surface area contributed by atoms with Crippen molar-refractivity contribution in [3.8, 4) is 0 Å². The fraction of sp³-hybridized carbons (Fsp3) is 0.846. The van der Waals surface area contributed by atoms with Gasteiger partial charge in [0, 0.05) is 13.1 Å². The van der Waals surface area contributed by atoms with E-state index in [1.54, 1.807) is 4.90 Å². The molecule has 1 fully saturated rings. The molecule has 3 atom stereocenters. The smallest absolute Gasteiger partial charge is 0.326 e. The van der Waals surface area contributed by atoms with Crippen molar-refractivity contribution >= 4 is 12.0 Å². The van der Waals surface area contributed by atoms with Crippen LogP contribution >= 0.6 is 0 Å². The van der Waals surface area contributed by atoms with Gasteiger partial charge in [-0.15, -0.1) is 0 Å². The van der Waals surface area contributed by atoms with E-state index < -0.39 is 12.0 Å².